The second-order valence-corrected chi connectivity index (χ2v) is 6.01. The van der Waals surface area contributed by atoms with Gasteiger partial charge in [0, 0.05) is 48.8 Å². The molecule has 0 aliphatic heterocycles. The molecule has 30 heavy (non-hydrogen) atoms. The Morgan fingerprint density at radius 1 is 0.567 bits per heavy atom. The predicted molar refractivity (Wildman–Crippen MR) is 96.7 cm³/mol. The second-order valence-electron chi connectivity index (χ2n) is 6.01. The summed E-state index contributed by atoms with van der Waals surface area (Å²) in [6, 6.07) is 0. The number of esters is 5. The van der Waals surface area contributed by atoms with Crippen LogP contribution in [0.2, 0.25) is 0 Å². The number of methoxy groups -OCH3 is 2. The first kappa shape index (κ1) is 27.3. The maximum absolute atomic E-state index is 11.8. The van der Waals surface area contributed by atoms with Gasteiger partial charge in [-0.1, -0.05) is 0 Å². The van der Waals surface area contributed by atoms with Gasteiger partial charge < -0.3 is 33.2 Å². The Morgan fingerprint density at radius 2 is 0.967 bits per heavy atom. The molecule has 0 aromatic rings. The highest BCUT2D eigenvalue weighted by Gasteiger charge is 2.47. The minimum absolute atomic E-state index is 0.540. The van der Waals surface area contributed by atoms with Crippen LogP contribution in [0.1, 0.15) is 34.6 Å². The van der Waals surface area contributed by atoms with E-state index in [2.05, 4.69) is 0 Å². The van der Waals surface area contributed by atoms with Crippen LogP contribution in [0, 0.1) is 0 Å². The van der Waals surface area contributed by atoms with Gasteiger partial charge in [-0.05, 0) is 0 Å². The standard InChI is InChI=1S/C18H28O12/c1-9(19)26-8-14(27-10(2)20)15(28-11(3)21)16(29-12(4)22)17(30-13(5)23)18(24-6)25-7/h14-18H,8H2,1-7H3/t14-,15-,16+,17-/m1/s1. The van der Waals surface area contributed by atoms with Gasteiger partial charge >= 0.3 is 29.8 Å². The second kappa shape index (κ2) is 13.5. The molecule has 0 radical (unpaired) electrons. The third-order valence-corrected chi connectivity index (χ3v) is 3.42. The minimum Gasteiger partial charge on any atom is -0.462 e. The lowest BCUT2D eigenvalue weighted by molar-refractivity contribution is -0.239. The number of hydrogen-bond acceptors (Lipinski definition) is 12. The zero-order chi connectivity index (χ0) is 23.4. The number of carbonyl (C=O) groups excluding carboxylic acids is 5. The molecule has 0 heterocycles. The Hall–Kier alpha value is -2.73. The molecule has 0 aliphatic rings. The Bertz CT molecular complexity index is 612. The summed E-state index contributed by atoms with van der Waals surface area (Å²) in [5, 5.41) is 0. The van der Waals surface area contributed by atoms with Crippen LogP contribution < -0.4 is 0 Å². The van der Waals surface area contributed by atoms with E-state index in [1.54, 1.807) is 0 Å². The fraction of sp³-hybridized carbons (Fsp3) is 0.722. The smallest absolute Gasteiger partial charge is 0.303 e. The zero-order valence-electron chi connectivity index (χ0n) is 18.0. The van der Waals surface area contributed by atoms with E-state index < -0.39 is 67.2 Å². The van der Waals surface area contributed by atoms with E-state index in [0.29, 0.717) is 0 Å². The van der Waals surface area contributed by atoms with Crippen molar-refractivity contribution in [2.45, 2.75) is 65.3 Å². The van der Waals surface area contributed by atoms with E-state index in [0.717, 1.165) is 34.6 Å². The molecule has 12 nitrogen and oxygen atoms in total. The predicted octanol–water partition coefficient (Wildman–Crippen LogP) is -0.105. The highest BCUT2D eigenvalue weighted by Crippen LogP contribution is 2.23. The number of hydrogen-bond donors (Lipinski definition) is 0. The molecule has 0 aliphatic carbocycles. The Kier molecular flexibility index (Phi) is 12.3. The van der Waals surface area contributed by atoms with Crippen LogP contribution in [0.4, 0.5) is 0 Å². The molecule has 12 heteroatoms. The maximum atomic E-state index is 11.8. The van der Waals surface area contributed by atoms with Gasteiger partial charge in [-0.3, -0.25) is 24.0 Å². The van der Waals surface area contributed by atoms with Gasteiger partial charge in [0.2, 0.25) is 0 Å². The molecular formula is C18H28O12. The number of rotatable bonds is 12. The average Bonchev–Trinajstić information content (AvgIpc) is 2.60. The molecule has 0 fully saturated rings. The van der Waals surface area contributed by atoms with Crippen molar-refractivity contribution in [1.29, 1.82) is 0 Å². The molecule has 0 bridgehead atoms. The first-order chi connectivity index (χ1) is 13.9. The van der Waals surface area contributed by atoms with Crippen molar-refractivity contribution in [2.75, 3.05) is 20.8 Å². The van der Waals surface area contributed by atoms with Crippen LogP contribution in [0.3, 0.4) is 0 Å². The third kappa shape index (κ3) is 10.2. The van der Waals surface area contributed by atoms with Gasteiger partial charge in [-0.15, -0.1) is 0 Å². The van der Waals surface area contributed by atoms with Crippen molar-refractivity contribution >= 4 is 29.8 Å². The lowest BCUT2D eigenvalue weighted by Crippen LogP contribution is -2.56. The topological polar surface area (TPSA) is 150 Å². The van der Waals surface area contributed by atoms with Crippen LogP contribution >= 0.6 is 0 Å². The summed E-state index contributed by atoms with van der Waals surface area (Å²) >= 11 is 0. The van der Waals surface area contributed by atoms with Crippen LogP contribution in [0.15, 0.2) is 0 Å². The molecule has 0 aromatic heterocycles. The number of carbonyl (C=O) groups is 5. The SMILES string of the molecule is COC(OC)[C@H](OC(C)=O)[C@@H](OC(C)=O)[C@H](OC(C)=O)[C@@H](COC(C)=O)OC(C)=O. The van der Waals surface area contributed by atoms with E-state index in [9.17, 15) is 24.0 Å². The average molecular weight is 436 g/mol. The molecule has 0 N–H and O–H groups in total. The Labute approximate surface area is 174 Å². The first-order valence-corrected chi connectivity index (χ1v) is 8.80. The summed E-state index contributed by atoms with van der Waals surface area (Å²) in [4.78, 5) is 58.0. The minimum atomic E-state index is -1.56. The van der Waals surface area contributed by atoms with Gasteiger partial charge in [-0.25, -0.2) is 0 Å². The normalized spacial score (nSPS) is 14.7. The fourth-order valence-corrected chi connectivity index (χ4v) is 2.50. The molecule has 4 atom stereocenters. The summed E-state index contributed by atoms with van der Waals surface area (Å²) in [5.41, 5.74) is 0. The van der Waals surface area contributed by atoms with Gasteiger partial charge in [0.1, 0.15) is 6.61 Å². The molecule has 0 unspecified atom stereocenters. The fourth-order valence-electron chi connectivity index (χ4n) is 2.50. The molecular weight excluding hydrogens is 408 g/mol. The summed E-state index contributed by atoms with van der Waals surface area (Å²) in [5.74, 6) is -3.98. The highest BCUT2D eigenvalue weighted by molar-refractivity contribution is 5.69. The summed E-state index contributed by atoms with van der Waals surface area (Å²) in [7, 11) is 2.47. The largest absolute Gasteiger partial charge is 0.462 e. The maximum Gasteiger partial charge on any atom is 0.303 e. The highest BCUT2D eigenvalue weighted by atomic mass is 16.7. The van der Waals surface area contributed by atoms with Crippen molar-refractivity contribution in [3.63, 3.8) is 0 Å². The molecule has 172 valence electrons. The molecule has 0 saturated heterocycles. The molecule has 0 saturated carbocycles. The summed E-state index contributed by atoms with van der Waals surface area (Å²) in [6.07, 6.45) is -7.22. The van der Waals surface area contributed by atoms with Gasteiger partial charge in [0.25, 0.3) is 0 Å². The van der Waals surface area contributed by atoms with E-state index in [4.69, 9.17) is 33.2 Å². The molecule has 0 aromatic carbocycles. The van der Waals surface area contributed by atoms with E-state index in [-0.39, 0.29) is 0 Å². The molecule has 0 amide bonds. The van der Waals surface area contributed by atoms with E-state index in [1.165, 1.54) is 14.2 Å². The lowest BCUT2D eigenvalue weighted by Gasteiger charge is -2.37. The van der Waals surface area contributed by atoms with Crippen LogP contribution in [0.25, 0.3) is 0 Å². The van der Waals surface area contributed by atoms with Gasteiger partial charge in [0.15, 0.2) is 30.7 Å². The van der Waals surface area contributed by atoms with Crippen molar-refractivity contribution in [1.82, 2.24) is 0 Å². The monoisotopic (exact) mass is 436 g/mol. The molecule has 0 spiro atoms. The zero-order valence-corrected chi connectivity index (χ0v) is 18.0. The van der Waals surface area contributed by atoms with Crippen LogP contribution in [-0.2, 0) is 57.1 Å². The van der Waals surface area contributed by atoms with Crippen LogP contribution in [-0.4, -0.2) is 81.4 Å². The van der Waals surface area contributed by atoms with Crippen molar-refractivity contribution in [2.24, 2.45) is 0 Å². The van der Waals surface area contributed by atoms with E-state index >= 15 is 0 Å². The number of ether oxygens (including phenoxy) is 7. The third-order valence-electron chi connectivity index (χ3n) is 3.42. The van der Waals surface area contributed by atoms with Crippen LogP contribution in [0.5, 0.6) is 0 Å². The summed E-state index contributed by atoms with van der Waals surface area (Å²) in [6.45, 7) is 4.85. The van der Waals surface area contributed by atoms with Crippen molar-refractivity contribution in [3.8, 4) is 0 Å². The van der Waals surface area contributed by atoms with Crippen molar-refractivity contribution in [3.05, 3.63) is 0 Å². The first-order valence-electron chi connectivity index (χ1n) is 8.80. The lowest BCUT2D eigenvalue weighted by atomic mass is 10.0. The quantitative estimate of drug-likeness (QED) is 0.228. The summed E-state index contributed by atoms with van der Waals surface area (Å²) < 4.78 is 35.9. The van der Waals surface area contributed by atoms with Crippen molar-refractivity contribution < 1.29 is 57.1 Å². The molecule has 0 rings (SSSR count). The van der Waals surface area contributed by atoms with Gasteiger partial charge in [0.05, 0.1) is 0 Å². The van der Waals surface area contributed by atoms with Gasteiger partial charge in [-0.2, -0.15) is 0 Å². The Morgan fingerprint density at radius 3 is 1.33 bits per heavy atom. The Balaban J connectivity index is 6.37. The van der Waals surface area contributed by atoms with E-state index in [1.807, 2.05) is 0 Å².